The number of furan rings is 2. The first-order chi connectivity index (χ1) is 38.2. The molecule has 20 nitrogen and oxygen atoms in total. The van der Waals surface area contributed by atoms with Crippen LogP contribution in [0.1, 0.15) is 77.9 Å². The molecule has 0 aliphatic heterocycles. The van der Waals surface area contributed by atoms with E-state index in [1.165, 1.54) is 33.7 Å². The van der Waals surface area contributed by atoms with Gasteiger partial charge in [-0.15, -0.1) is 0 Å². The highest BCUT2D eigenvalue weighted by Gasteiger charge is 2.30. The highest BCUT2D eigenvalue weighted by molar-refractivity contribution is 6.35. The van der Waals surface area contributed by atoms with Gasteiger partial charge in [0.05, 0.1) is 6.54 Å². The van der Waals surface area contributed by atoms with Gasteiger partial charge in [0, 0.05) is 53.0 Å². The molecule has 0 amide bonds. The molecule has 9 N–H and O–H groups in total. The predicted octanol–water partition coefficient (Wildman–Crippen LogP) is 8.94. The lowest BCUT2D eigenvalue weighted by molar-refractivity contribution is -0.145. The summed E-state index contributed by atoms with van der Waals surface area (Å²) in [5, 5.41) is 65.2. The highest BCUT2D eigenvalue weighted by Crippen LogP contribution is 2.29. The van der Waals surface area contributed by atoms with Crippen LogP contribution in [-0.4, -0.2) is 112 Å². The topological polar surface area (TPSA) is 313 Å². The molecule has 6 rings (SSSR count). The maximum Gasteiger partial charge on any atom is 0.328 e. The minimum Gasteiger partial charge on any atom is -0.480 e. The standard InChI is InChI=1S/C20H26FN3O5.C19H21Cl2NO5.C19H23NO5/c1-13(2)10-16(18(25)26)22-17(19(27)28)12-24-9-8-23(20(24)29)7-6-14-4-3-5-15(21)11-14;1-10(2)5-15(18(23)24)22-16(19(25)26)9-14-3-4-17(27-14)11-6-12(20)8-13(21)7-11;1-12(2)10-15(18(21)22)20-16(19(23)24)11-14-8-9-17(25-14)13-6-4-3-5-7-13/h3-5,8-9,11,13,16-17,22H,6-7,10,12H2,1-2H3,(H,25,26)(H,27,28);3-4,6-8,10,15-16,22H,5,9H2,1-2H3,(H,23,24)(H,25,26);3-9,12,15-16,20H,10-11H2,1-2H3,(H,21,22)(H,23,24). The molecule has 3 aromatic heterocycles. The molecule has 0 saturated carbocycles. The summed E-state index contributed by atoms with van der Waals surface area (Å²) in [6.07, 6.45) is 4.46. The number of carbonyl (C=O) groups is 6. The average molecular weight is 1170 g/mol. The Morgan fingerprint density at radius 2 is 0.926 bits per heavy atom. The predicted molar refractivity (Wildman–Crippen MR) is 301 cm³/mol. The Hall–Kier alpha value is -7.56. The Labute approximate surface area is 477 Å². The summed E-state index contributed by atoms with van der Waals surface area (Å²) in [6, 6.07) is 21.2. The van der Waals surface area contributed by atoms with Crippen molar-refractivity contribution < 1.29 is 72.6 Å². The summed E-state index contributed by atoms with van der Waals surface area (Å²) in [5.74, 6) is -4.75. The second kappa shape index (κ2) is 32.0. The van der Waals surface area contributed by atoms with Crippen molar-refractivity contribution in [1.82, 2.24) is 25.1 Å². The van der Waals surface area contributed by atoms with E-state index in [0.29, 0.717) is 64.5 Å². The first kappa shape index (κ1) is 66.0. The Morgan fingerprint density at radius 3 is 1.35 bits per heavy atom. The second-order valence-electron chi connectivity index (χ2n) is 20.5. The molecule has 0 saturated heterocycles. The number of aliphatic carboxylic acids is 6. The van der Waals surface area contributed by atoms with E-state index in [4.69, 9.17) is 32.0 Å². The summed E-state index contributed by atoms with van der Waals surface area (Å²) < 4.78 is 27.3. The van der Waals surface area contributed by atoms with E-state index in [0.717, 1.165) is 11.1 Å². The molecule has 0 fully saturated rings. The fourth-order valence-electron chi connectivity index (χ4n) is 8.39. The molecule has 0 aliphatic rings. The van der Waals surface area contributed by atoms with Crippen LogP contribution in [0.2, 0.25) is 10.0 Å². The van der Waals surface area contributed by atoms with E-state index in [-0.39, 0.29) is 49.4 Å². The summed E-state index contributed by atoms with van der Waals surface area (Å²) in [4.78, 5) is 81.4. The minimum atomic E-state index is -1.24. The Bertz CT molecular complexity index is 3060. The van der Waals surface area contributed by atoms with Crippen molar-refractivity contribution >= 4 is 59.0 Å². The molecule has 3 aromatic carbocycles. The number of carboxylic acid groups (broad SMARTS) is 6. The van der Waals surface area contributed by atoms with Crippen LogP contribution in [0.3, 0.4) is 0 Å². The van der Waals surface area contributed by atoms with Crippen LogP contribution in [0, 0.1) is 23.6 Å². The summed E-state index contributed by atoms with van der Waals surface area (Å²) >= 11 is 12.0. The number of nitrogens with zero attached hydrogens (tertiary/aromatic N) is 2. The summed E-state index contributed by atoms with van der Waals surface area (Å²) in [5.41, 5.74) is 1.90. The monoisotopic (exact) mass is 1170 g/mol. The van der Waals surface area contributed by atoms with Crippen molar-refractivity contribution in [2.75, 3.05) is 0 Å². The fraction of sp³-hybridized carbons (Fsp3) is 0.397. The van der Waals surface area contributed by atoms with Crippen molar-refractivity contribution in [2.45, 2.75) is 129 Å². The van der Waals surface area contributed by atoms with Gasteiger partial charge in [0.2, 0.25) is 0 Å². The first-order valence-corrected chi connectivity index (χ1v) is 26.8. The quantitative estimate of drug-likeness (QED) is 0.0212. The minimum absolute atomic E-state index is 0.00546. The van der Waals surface area contributed by atoms with E-state index in [1.807, 2.05) is 71.9 Å². The van der Waals surface area contributed by atoms with E-state index in [2.05, 4.69) is 16.0 Å². The van der Waals surface area contributed by atoms with E-state index in [1.54, 1.807) is 54.6 Å². The van der Waals surface area contributed by atoms with Gasteiger partial charge in [-0.1, -0.05) is 107 Å². The molecule has 0 aliphatic carbocycles. The third kappa shape index (κ3) is 22.5. The van der Waals surface area contributed by atoms with Crippen molar-refractivity contribution in [2.24, 2.45) is 17.8 Å². The van der Waals surface area contributed by atoms with Crippen molar-refractivity contribution in [1.29, 1.82) is 0 Å². The van der Waals surface area contributed by atoms with Gasteiger partial charge in [0.1, 0.15) is 65.1 Å². The number of aryl methyl sites for hydroxylation is 2. The van der Waals surface area contributed by atoms with Gasteiger partial charge in [-0.25, -0.2) is 9.18 Å². The van der Waals surface area contributed by atoms with Crippen molar-refractivity contribution in [3.8, 4) is 22.6 Å². The molecule has 23 heteroatoms. The lowest BCUT2D eigenvalue weighted by Gasteiger charge is -2.21. The van der Waals surface area contributed by atoms with Crippen molar-refractivity contribution in [3.05, 3.63) is 153 Å². The Balaban J connectivity index is 0.000000262. The fourth-order valence-corrected chi connectivity index (χ4v) is 8.91. The van der Waals surface area contributed by atoms with Crippen LogP contribution in [0.15, 0.2) is 123 Å². The third-order valence-corrected chi connectivity index (χ3v) is 12.7. The normalized spacial score (nSPS) is 13.5. The SMILES string of the molecule is CC(C)CC(NC(Cc1ccc(-c2cc(Cl)cc(Cl)c2)o1)C(=O)O)C(=O)O.CC(C)CC(NC(Cc1ccc(-c2ccccc2)o1)C(=O)O)C(=O)O.CC(C)CC(NC(Cn1ccn(CCc2cccc(F)c2)c1=O)C(=O)O)C(=O)O. The molecule has 6 unspecified atom stereocenters. The van der Waals surface area contributed by atoms with Crippen LogP contribution < -0.4 is 21.6 Å². The summed E-state index contributed by atoms with van der Waals surface area (Å²) in [6.45, 7) is 11.3. The van der Waals surface area contributed by atoms with E-state index < -0.39 is 77.8 Å². The van der Waals surface area contributed by atoms with Gasteiger partial charge in [-0.05, 0) is 104 Å². The van der Waals surface area contributed by atoms with Crippen molar-refractivity contribution in [3.63, 3.8) is 0 Å². The Kier molecular flexibility index (Phi) is 26.1. The zero-order chi connectivity index (χ0) is 60.1. The number of hydrogen-bond acceptors (Lipinski definition) is 12. The number of carboxylic acids is 6. The molecular formula is C58H70Cl2FN5O15. The highest BCUT2D eigenvalue weighted by atomic mass is 35.5. The number of aromatic nitrogens is 2. The van der Waals surface area contributed by atoms with Gasteiger partial charge in [-0.2, -0.15) is 0 Å². The molecule has 0 radical (unpaired) electrons. The Morgan fingerprint density at radius 1 is 0.506 bits per heavy atom. The molecule has 6 aromatic rings. The van der Waals surface area contributed by atoms with Gasteiger partial charge in [-0.3, -0.25) is 53.9 Å². The molecule has 438 valence electrons. The number of imidazole rings is 1. The smallest absolute Gasteiger partial charge is 0.328 e. The number of halogens is 3. The molecule has 0 spiro atoms. The van der Waals surface area contributed by atoms with Crippen LogP contribution in [0.4, 0.5) is 4.39 Å². The zero-order valence-electron chi connectivity index (χ0n) is 45.6. The zero-order valence-corrected chi connectivity index (χ0v) is 47.1. The van der Waals surface area contributed by atoms with Crippen LogP contribution in [-0.2, 0) is 61.1 Å². The lowest BCUT2D eigenvalue weighted by Crippen LogP contribution is -2.50. The molecule has 3 heterocycles. The van der Waals surface area contributed by atoms with Crippen LogP contribution in [0.5, 0.6) is 0 Å². The number of benzene rings is 3. The van der Waals surface area contributed by atoms with Gasteiger partial charge in [0.25, 0.3) is 0 Å². The molecule has 81 heavy (non-hydrogen) atoms. The van der Waals surface area contributed by atoms with E-state index in [9.17, 15) is 68.6 Å². The maximum absolute atomic E-state index is 13.3. The molecule has 6 atom stereocenters. The largest absolute Gasteiger partial charge is 0.480 e. The van der Waals surface area contributed by atoms with Gasteiger partial charge >= 0.3 is 41.5 Å². The first-order valence-electron chi connectivity index (χ1n) is 26.0. The van der Waals surface area contributed by atoms with Crippen LogP contribution in [0.25, 0.3) is 22.6 Å². The van der Waals surface area contributed by atoms with Gasteiger partial charge < -0.3 is 39.5 Å². The maximum atomic E-state index is 13.3. The lowest BCUT2D eigenvalue weighted by atomic mass is 10.0. The average Bonchev–Trinajstić information content (AvgIpc) is 4.19. The molecular weight excluding hydrogens is 1100 g/mol. The second-order valence-corrected chi connectivity index (χ2v) is 21.4. The van der Waals surface area contributed by atoms with Gasteiger partial charge in [0.15, 0.2) is 0 Å². The van der Waals surface area contributed by atoms with E-state index >= 15 is 0 Å². The third-order valence-electron chi connectivity index (χ3n) is 12.3. The summed E-state index contributed by atoms with van der Waals surface area (Å²) in [7, 11) is 0. The number of rotatable bonds is 29. The number of nitrogens with one attached hydrogen (secondary N) is 3. The molecule has 0 bridgehead atoms. The van der Waals surface area contributed by atoms with Crippen LogP contribution >= 0.6 is 23.2 Å². The number of hydrogen-bond donors (Lipinski definition) is 9.